The average Bonchev–Trinajstić information content (AvgIpc) is 3.25. The Hall–Kier alpha value is -1.59. The largest absolute Gasteiger partial charge is 0.444 e. The van der Waals surface area contributed by atoms with Gasteiger partial charge in [0.05, 0.1) is 13.2 Å². The van der Waals surface area contributed by atoms with E-state index in [1.165, 1.54) is 11.1 Å². The quantitative estimate of drug-likeness (QED) is 0.921. The lowest BCUT2D eigenvalue weighted by atomic mass is 10.1. The highest BCUT2D eigenvalue weighted by Crippen LogP contribution is 2.41. The summed E-state index contributed by atoms with van der Waals surface area (Å²) in [6.07, 6.45) is 0.666. The van der Waals surface area contributed by atoms with Gasteiger partial charge in [0, 0.05) is 31.6 Å². The van der Waals surface area contributed by atoms with Crippen LogP contribution < -0.4 is 5.32 Å². The normalized spacial score (nSPS) is 24.5. The molecule has 0 bridgehead atoms. The third-order valence-electron chi connectivity index (χ3n) is 4.38. The Morgan fingerprint density at radius 3 is 2.79 bits per heavy atom. The molecule has 1 amide bonds. The van der Waals surface area contributed by atoms with Crippen molar-refractivity contribution in [1.82, 2.24) is 10.2 Å². The molecule has 0 radical (unpaired) electrons. The fourth-order valence-electron chi connectivity index (χ4n) is 3.12. The lowest BCUT2D eigenvalue weighted by Gasteiger charge is -2.26. The van der Waals surface area contributed by atoms with Crippen LogP contribution in [-0.2, 0) is 16.0 Å². The number of carbonyl (C=O) groups excluding carboxylic acids is 1. The number of morpholine rings is 1. The van der Waals surface area contributed by atoms with E-state index in [1.54, 1.807) is 0 Å². The number of hydrogen-bond donors (Lipinski definition) is 1. The van der Waals surface area contributed by atoms with E-state index in [0.29, 0.717) is 5.92 Å². The van der Waals surface area contributed by atoms with E-state index in [0.717, 1.165) is 39.3 Å². The average molecular weight is 332 g/mol. The molecule has 1 aromatic carbocycles. The van der Waals surface area contributed by atoms with Crippen molar-refractivity contribution in [3.63, 3.8) is 0 Å². The number of nitrogens with zero attached hydrogens (tertiary/aromatic N) is 1. The monoisotopic (exact) mass is 332 g/mol. The van der Waals surface area contributed by atoms with E-state index in [2.05, 4.69) is 34.5 Å². The third kappa shape index (κ3) is 4.95. The molecule has 2 aliphatic rings. The molecule has 1 heterocycles. The van der Waals surface area contributed by atoms with Gasteiger partial charge in [0.15, 0.2) is 0 Å². The van der Waals surface area contributed by atoms with Gasteiger partial charge in [0.25, 0.3) is 0 Å². The highest BCUT2D eigenvalue weighted by molar-refractivity contribution is 5.69. The number of carbonyl (C=O) groups is 1. The lowest BCUT2D eigenvalue weighted by molar-refractivity contribution is 0.0342. The summed E-state index contributed by atoms with van der Waals surface area (Å²) in [5.41, 5.74) is 2.19. The molecule has 3 rings (SSSR count). The van der Waals surface area contributed by atoms with Crippen molar-refractivity contribution in [3.8, 4) is 0 Å². The molecule has 2 fully saturated rings. The van der Waals surface area contributed by atoms with Crippen LogP contribution in [0.4, 0.5) is 4.79 Å². The molecule has 1 aliphatic heterocycles. The van der Waals surface area contributed by atoms with Gasteiger partial charge in [-0.05, 0) is 38.3 Å². The number of alkyl carbamates (subject to hydrolysis) is 1. The number of amides is 1. The van der Waals surface area contributed by atoms with Crippen molar-refractivity contribution in [2.45, 2.75) is 51.3 Å². The van der Waals surface area contributed by atoms with Crippen molar-refractivity contribution < 1.29 is 14.3 Å². The second-order valence-electron chi connectivity index (χ2n) is 7.73. The fraction of sp³-hybridized carbons (Fsp3) is 0.632. The van der Waals surface area contributed by atoms with Crippen LogP contribution in [0.1, 0.15) is 44.2 Å². The second kappa shape index (κ2) is 7.11. The number of nitrogens with one attached hydrogen (secondary N) is 1. The maximum atomic E-state index is 11.9. The zero-order chi connectivity index (χ0) is 17.2. The molecule has 5 heteroatoms. The van der Waals surface area contributed by atoms with Crippen LogP contribution >= 0.6 is 0 Å². The van der Waals surface area contributed by atoms with Gasteiger partial charge in [-0.3, -0.25) is 4.90 Å². The summed E-state index contributed by atoms with van der Waals surface area (Å²) in [5, 5.41) is 2.97. The molecule has 2 atom stereocenters. The van der Waals surface area contributed by atoms with Crippen LogP contribution in [0.3, 0.4) is 0 Å². The fourth-order valence-corrected chi connectivity index (χ4v) is 3.12. The van der Waals surface area contributed by atoms with Gasteiger partial charge in [-0.25, -0.2) is 4.79 Å². The summed E-state index contributed by atoms with van der Waals surface area (Å²) in [6, 6.07) is 8.92. The van der Waals surface area contributed by atoms with Gasteiger partial charge in [-0.1, -0.05) is 24.3 Å². The zero-order valence-corrected chi connectivity index (χ0v) is 14.9. The van der Waals surface area contributed by atoms with E-state index in [4.69, 9.17) is 9.47 Å². The Kier molecular flexibility index (Phi) is 5.11. The zero-order valence-electron chi connectivity index (χ0n) is 14.9. The molecule has 0 aromatic heterocycles. The number of rotatable bonds is 4. The van der Waals surface area contributed by atoms with Crippen LogP contribution in [0.25, 0.3) is 0 Å². The minimum Gasteiger partial charge on any atom is -0.444 e. The summed E-state index contributed by atoms with van der Waals surface area (Å²) in [6.45, 7) is 10.2. The first-order chi connectivity index (χ1) is 11.4. The molecule has 1 saturated carbocycles. The molecule has 1 saturated heterocycles. The van der Waals surface area contributed by atoms with Crippen molar-refractivity contribution in [2.75, 3.05) is 26.3 Å². The van der Waals surface area contributed by atoms with Gasteiger partial charge < -0.3 is 14.8 Å². The molecule has 24 heavy (non-hydrogen) atoms. The van der Waals surface area contributed by atoms with E-state index >= 15 is 0 Å². The molecule has 5 nitrogen and oxygen atoms in total. The van der Waals surface area contributed by atoms with Crippen LogP contribution in [0.15, 0.2) is 24.3 Å². The first-order valence-electron chi connectivity index (χ1n) is 8.79. The van der Waals surface area contributed by atoms with Crippen molar-refractivity contribution in [1.29, 1.82) is 0 Å². The highest BCUT2D eigenvalue weighted by Gasteiger charge is 2.40. The molecule has 2 unspecified atom stereocenters. The summed E-state index contributed by atoms with van der Waals surface area (Å²) in [4.78, 5) is 14.3. The topological polar surface area (TPSA) is 50.8 Å². The molecule has 1 N–H and O–H groups in total. The predicted octanol–water partition coefficient (Wildman–Crippen LogP) is 2.90. The SMILES string of the molecule is CC(C)(C)OC(=O)NC1CC1c1cccc(CN2CCOCC2)c1. The first kappa shape index (κ1) is 17.2. The predicted molar refractivity (Wildman–Crippen MR) is 93.1 cm³/mol. The standard InChI is InChI=1S/C19H28N2O3/c1-19(2,3)24-18(22)20-17-12-16(17)15-6-4-5-14(11-15)13-21-7-9-23-10-8-21/h4-6,11,16-17H,7-10,12-13H2,1-3H3,(H,20,22). The van der Waals surface area contributed by atoms with Crippen LogP contribution in [0.2, 0.25) is 0 Å². The number of hydrogen-bond acceptors (Lipinski definition) is 4. The van der Waals surface area contributed by atoms with Crippen LogP contribution in [0.5, 0.6) is 0 Å². The Bertz CT molecular complexity index is 576. The molecular weight excluding hydrogens is 304 g/mol. The molecule has 132 valence electrons. The minimum atomic E-state index is -0.452. The molecule has 1 aromatic rings. The van der Waals surface area contributed by atoms with Gasteiger partial charge >= 0.3 is 6.09 Å². The Morgan fingerprint density at radius 2 is 2.08 bits per heavy atom. The summed E-state index contributed by atoms with van der Waals surface area (Å²) < 4.78 is 10.7. The maximum absolute atomic E-state index is 11.9. The van der Waals surface area contributed by atoms with E-state index < -0.39 is 5.60 Å². The molecular formula is C19H28N2O3. The summed E-state index contributed by atoms with van der Waals surface area (Å²) in [7, 11) is 0. The van der Waals surface area contributed by atoms with Gasteiger partial charge in [0.2, 0.25) is 0 Å². The highest BCUT2D eigenvalue weighted by atomic mass is 16.6. The van der Waals surface area contributed by atoms with E-state index in [1.807, 2.05) is 20.8 Å². The van der Waals surface area contributed by atoms with Crippen molar-refractivity contribution in [2.24, 2.45) is 0 Å². The molecule has 1 aliphatic carbocycles. The van der Waals surface area contributed by atoms with Crippen LogP contribution in [0, 0.1) is 0 Å². The van der Waals surface area contributed by atoms with E-state index in [-0.39, 0.29) is 12.1 Å². The van der Waals surface area contributed by atoms with Gasteiger partial charge in [0.1, 0.15) is 5.60 Å². The number of ether oxygens (including phenoxy) is 2. The van der Waals surface area contributed by atoms with Crippen molar-refractivity contribution >= 4 is 6.09 Å². The van der Waals surface area contributed by atoms with Gasteiger partial charge in [-0.2, -0.15) is 0 Å². The second-order valence-corrected chi connectivity index (χ2v) is 7.73. The maximum Gasteiger partial charge on any atom is 0.407 e. The Morgan fingerprint density at radius 1 is 1.33 bits per heavy atom. The molecule has 0 spiro atoms. The lowest BCUT2D eigenvalue weighted by Crippen LogP contribution is -2.35. The summed E-state index contributed by atoms with van der Waals surface area (Å²) >= 11 is 0. The smallest absolute Gasteiger partial charge is 0.407 e. The summed E-state index contributed by atoms with van der Waals surface area (Å²) in [5.74, 6) is 0.405. The van der Waals surface area contributed by atoms with Crippen molar-refractivity contribution in [3.05, 3.63) is 35.4 Å². The minimum absolute atomic E-state index is 0.193. The van der Waals surface area contributed by atoms with Gasteiger partial charge in [-0.15, -0.1) is 0 Å². The van der Waals surface area contributed by atoms with E-state index in [9.17, 15) is 4.79 Å². The first-order valence-corrected chi connectivity index (χ1v) is 8.79. The van der Waals surface area contributed by atoms with Crippen LogP contribution in [-0.4, -0.2) is 48.9 Å². The number of benzene rings is 1. The Balaban J connectivity index is 1.53. The third-order valence-corrected chi connectivity index (χ3v) is 4.38. The Labute approximate surface area is 144 Å².